The molecule has 2 aromatic rings. The molecular weight excluding hydrogens is 576 g/mol. The van der Waals surface area contributed by atoms with Gasteiger partial charge >= 0.3 is 0 Å². The average molecular weight is 624 g/mol. The number of sulfone groups is 1. The number of aliphatic hydroxyl groups is 1. The largest absolute Gasteiger partial charge is 0.390 e. The fraction of sp³-hybridized carbons (Fsp3) is 0.562. The quantitative estimate of drug-likeness (QED) is 0.230. The Morgan fingerprint density at radius 2 is 1.56 bits per heavy atom. The van der Waals surface area contributed by atoms with E-state index in [2.05, 4.69) is 5.32 Å². The van der Waals surface area contributed by atoms with Crippen LogP contribution in [0, 0.1) is 11.6 Å². The highest BCUT2D eigenvalue weighted by Crippen LogP contribution is 2.19. The summed E-state index contributed by atoms with van der Waals surface area (Å²) >= 11 is 0. The Morgan fingerprint density at radius 1 is 0.953 bits per heavy atom. The molecule has 0 spiro atoms. The van der Waals surface area contributed by atoms with Crippen LogP contribution in [0.3, 0.4) is 0 Å². The van der Waals surface area contributed by atoms with Crippen molar-refractivity contribution < 1.29 is 31.9 Å². The molecule has 0 saturated heterocycles. The molecule has 11 heteroatoms. The van der Waals surface area contributed by atoms with Crippen LogP contribution in [0.15, 0.2) is 42.5 Å². The van der Waals surface area contributed by atoms with Gasteiger partial charge in [0.15, 0.2) is 9.84 Å². The summed E-state index contributed by atoms with van der Waals surface area (Å²) in [4.78, 5) is 27.9. The molecule has 0 heterocycles. The number of amides is 2. The third-order valence-electron chi connectivity index (χ3n) is 7.46. The van der Waals surface area contributed by atoms with Crippen molar-refractivity contribution in [3.05, 3.63) is 70.8 Å². The second kappa shape index (κ2) is 17.4. The number of nitrogens with one attached hydrogen (secondary N) is 1. The smallest absolute Gasteiger partial charge is 0.246 e. The summed E-state index contributed by atoms with van der Waals surface area (Å²) < 4.78 is 54.5. The highest BCUT2D eigenvalue weighted by molar-refractivity contribution is 7.92. The van der Waals surface area contributed by atoms with Gasteiger partial charge in [-0.3, -0.25) is 9.59 Å². The molecule has 4 N–H and O–H groups in total. The molecule has 43 heavy (non-hydrogen) atoms. The Morgan fingerprint density at radius 3 is 2.12 bits per heavy atom. The van der Waals surface area contributed by atoms with Crippen molar-refractivity contribution in [1.82, 2.24) is 10.2 Å². The lowest BCUT2D eigenvalue weighted by Gasteiger charge is -2.32. The van der Waals surface area contributed by atoms with Crippen molar-refractivity contribution in [1.29, 1.82) is 0 Å². The summed E-state index contributed by atoms with van der Waals surface area (Å²) in [7, 11) is -3.78. The molecule has 0 aromatic heterocycles. The first-order valence-corrected chi connectivity index (χ1v) is 16.8. The Hall–Kier alpha value is -2.89. The van der Waals surface area contributed by atoms with Gasteiger partial charge in [-0.1, -0.05) is 64.8 Å². The minimum Gasteiger partial charge on any atom is -0.390 e. The van der Waals surface area contributed by atoms with E-state index < -0.39 is 62.5 Å². The summed E-state index contributed by atoms with van der Waals surface area (Å²) in [6.07, 6.45) is 1.62. The fourth-order valence-electron chi connectivity index (χ4n) is 5.11. The monoisotopic (exact) mass is 623 g/mol. The SMILES string of the molecule is CCCC(CCC)S(=O)(=O)C[C@@H](NC(=O)CC)C(=O)N(Cc1cccc(CC)c1)C[C@@H](O)[C@@H](N)Cc1cc(F)cc(F)c1. The molecule has 0 fully saturated rings. The molecule has 0 aliphatic rings. The topological polar surface area (TPSA) is 130 Å². The molecule has 3 atom stereocenters. The molecule has 0 aliphatic heterocycles. The Bertz CT molecular complexity index is 1280. The van der Waals surface area contributed by atoms with Gasteiger partial charge in [0, 0.05) is 31.6 Å². The number of hydrogen-bond donors (Lipinski definition) is 3. The molecule has 8 nitrogen and oxygen atoms in total. The van der Waals surface area contributed by atoms with E-state index in [0.717, 1.165) is 35.7 Å². The van der Waals surface area contributed by atoms with Crippen LogP contribution in [-0.4, -0.2) is 66.0 Å². The summed E-state index contributed by atoms with van der Waals surface area (Å²) in [6.45, 7) is 7.12. The zero-order valence-electron chi connectivity index (χ0n) is 25.7. The predicted molar refractivity (Wildman–Crippen MR) is 165 cm³/mol. The van der Waals surface area contributed by atoms with Gasteiger partial charge in [-0.2, -0.15) is 0 Å². The maximum absolute atomic E-state index is 14.1. The summed E-state index contributed by atoms with van der Waals surface area (Å²) in [5.74, 6) is -3.26. The minimum absolute atomic E-state index is 0.0247. The van der Waals surface area contributed by atoms with Crippen LogP contribution < -0.4 is 11.1 Å². The average Bonchev–Trinajstić information content (AvgIpc) is 2.95. The Kier molecular flexibility index (Phi) is 14.7. The number of nitrogens with zero attached hydrogens (tertiary/aromatic N) is 1. The molecule has 0 unspecified atom stereocenters. The molecule has 2 amide bonds. The third kappa shape index (κ3) is 11.6. The van der Waals surface area contributed by atoms with Gasteiger partial charge in [-0.15, -0.1) is 0 Å². The van der Waals surface area contributed by atoms with Gasteiger partial charge in [-0.05, 0) is 54.5 Å². The second-order valence-corrected chi connectivity index (χ2v) is 13.4. The van der Waals surface area contributed by atoms with E-state index in [9.17, 15) is 31.9 Å². The second-order valence-electron chi connectivity index (χ2n) is 11.1. The lowest BCUT2D eigenvalue weighted by molar-refractivity contribution is -0.137. The molecule has 240 valence electrons. The highest BCUT2D eigenvalue weighted by atomic mass is 32.2. The van der Waals surface area contributed by atoms with E-state index in [0.29, 0.717) is 25.7 Å². The van der Waals surface area contributed by atoms with Gasteiger partial charge < -0.3 is 21.1 Å². The zero-order valence-corrected chi connectivity index (χ0v) is 26.5. The van der Waals surface area contributed by atoms with Gasteiger partial charge in [0.1, 0.15) is 17.7 Å². The van der Waals surface area contributed by atoms with Crippen LogP contribution in [0.25, 0.3) is 0 Å². The van der Waals surface area contributed by atoms with Crippen molar-refractivity contribution >= 4 is 21.7 Å². The number of hydrogen-bond acceptors (Lipinski definition) is 6. The van der Waals surface area contributed by atoms with Crippen LogP contribution in [0.5, 0.6) is 0 Å². The highest BCUT2D eigenvalue weighted by Gasteiger charge is 2.35. The van der Waals surface area contributed by atoms with Gasteiger partial charge in [0.2, 0.25) is 11.8 Å². The number of rotatable bonds is 18. The molecule has 0 saturated carbocycles. The fourth-order valence-corrected chi connectivity index (χ4v) is 7.26. The number of halogens is 2. The van der Waals surface area contributed by atoms with Crippen molar-refractivity contribution in [3.8, 4) is 0 Å². The van der Waals surface area contributed by atoms with Crippen molar-refractivity contribution in [2.75, 3.05) is 12.3 Å². The lowest BCUT2D eigenvalue weighted by atomic mass is 10.0. The Balaban J connectivity index is 2.42. The van der Waals surface area contributed by atoms with E-state index in [4.69, 9.17) is 5.73 Å². The molecule has 0 radical (unpaired) electrons. The predicted octanol–water partition coefficient (Wildman–Crippen LogP) is 4.07. The first-order valence-electron chi connectivity index (χ1n) is 15.1. The summed E-state index contributed by atoms with van der Waals surface area (Å²) in [5, 5.41) is 13.0. The summed E-state index contributed by atoms with van der Waals surface area (Å²) in [5.41, 5.74) is 8.24. The third-order valence-corrected chi connectivity index (χ3v) is 9.75. The van der Waals surface area contributed by atoms with Crippen molar-refractivity contribution in [2.45, 2.75) is 103 Å². The van der Waals surface area contributed by atoms with Crippen LogP contribution in [0.4, 0.5) is 8.78 Å². The van der Waals surface area contributed by atoms with E-state index in [1.54, 1.807) is 6.92 Å². The Labute approximate surface area is 255 Å². The van der Waals surface area contributed by atoms with Gasteiger partial charge in [0.25, 0.3) is 0 Å². The first kappa shape index (κ1) is 36.3. The first-order chi connectivity index (χ1) is 20.3. The maximum atomic E-state index is 14.1. The lowest BCUT2D eigenvalue weighted by Crippen LogP contribution is -2.55. The minimum atomic E-state index is -3.78. The number of benzene rings is 2. The molecule has 0 bridgehead atoms. The summed E-state index contributed by atoms with van der Waals surface area (Å²) in [6, 6.07) is 8.13. The molecule has 2 rings (SSSR count). The van der Waals surface area contributed by atoms with Gasteiger partial charge in [-0.25, -0.2) is 17.2 Å². The maximum Gasteiger partial charge on any atom is 0.246 e. The van der Waals surface area contributed by atoms with E-state index >= 15 is 0 Å². The number of aliphatic hydroxyl groups excluding tert-OH is 1. The van der Waals surface area contributed by atoms with Gasteiger partial charge in [0.05, 0.1) is 17.1 Å². The van der Waals surface area contributed by atoms with E-state index in [1.165, 1.54) is 4.90 Å². The van der Waals surface area contributed by atoms with Crippen LogP contribution in [-0.2, 0) is 38.8 Å². The van der Waals surface area contributed by atoms with Crippen LogP contribution in [0.2, 0.25) is 0 Å². The number of carbonyl (C=O) groups is 2. The standard InChI is InChI=1S/C32H47F2N3O5S/c1-5-10-27(11-6-2)43(41,42)21-29(36-31(39)8-4)32(40)37(19-23-13-9-12-22(7-3)14-23)20-30(38)28(35)17-24-15-25(33)18-26(34)16-24/h9,12-16,18,27-30,38H,5-8,10-11,17,19-21,35H2,1-4H3,(H,36,39)/t28-,29+,30+/m0/s1. The molecular formula is C32H47F2N3O5S. The number of carbonyl (C=O) groups excluding carboxylic acids is 2. The zero-order chi connectivity index (χ0) is 32.2. The van der Waals surface area contributed by atoms with E-state index in [-0.39, 0.29) is 31.5 Å². The normalized spacial score (nSPS) is 13.9. The molecule has 0 aliphatic carbocycles. The van der Waals surface area contributed by atoms with Crippen LogP contribution in [0.1, 0.15) is 76.5 Å². The van der Waals surface area contributed by atoms with Crippen LogP contribution >= 0.6 is 0 Å². The van der Waals surface area contributed by atoms with Crippen molar-refractivity contribution in [3.63, 3.8) is 0 Å². The van der Waals surface area contributed by atoms with E-state index in [1.807, 2.05) is 45.0 Å². The van der Waals surface area contributed by atoms with Crippen molar-refractivity contribution in [2.24, 2.45) is 5.73 Å². The number of aryl methyl sites for hydroxylation is 1. The number of nitrogens with two attached hydrogens (primary N) is 1. The molecule has 2 aromatic carbocycles.